The minimum absolute atomic E-state index is 0.134. The van der Waals surface area contributed by atoms with Gasteiger partial charge in [-0.1, -0.05) is 18.2 Å². The van der Waals surface area contributed by atoms with E-state index in [9.17, 15) is 9.18 Å². The van der Waals surface area contributed by atoms with Gasteiger partial charge in [0.25, 0.3) is 0 Å². The van der Waals surface area contributed by atoms with Crippen molar-refractivity contribution in [3.63, 3.8) is 0 Å². The molecule has 3 nitrogen and oxygen atoms in total. The molecule has 0 bridgehead atoms. The van der Waals surface area contributed by atoms with E-state index in [1.165, 1.54) is 6.07 Å². The van der Waals surface area contributed by atoms with Crippen LogP contribution < -0.4 is 0 Å². The van der Waals surface area contributed by atoms with Crippen LogP contribution in [0, 0.1) is 5.82 Å². The second-order valence-electron chi connectivity index (χ2n) is 5.86. The maximum Gasteiger partial charge on any atom is 0.223 e. The third kappa shape index (κ3) is 3.57. The first-order chi connectivity index (χ1) is 9.50. The Morgan fingerprint density at radius 2 is 2.15 bits per heavy atom. The molecule has 110 valence electrons. The highest BCUT2D eigenvalue weighted by molar-refractivity contribution is 5.77. The van der Waals surface area contributed by atoms with Crippen molar-refractivity contribution in [1.82, 2.24) is 4.90 Å². The molecule has 1 aromatic carbocycles. The number of carbonyl (C=O) groups excluding carboxylic acids is 1. The lowest BCUT2D eigenvalue weighted by Gasteiger charge is -2.42. The van der Waals surface area contributed by atoms with Gasteiger partial charge in [0, 0.05) is 13.0 Å². The van der Waals surface area contributed by atoms with E-state index in [1.807, 2.05) is 24.8 Å². The Kier molecular flexibility index (Phi) is 4.76. The lowest BCUT2D eigenvalue weighted by atomic mass is 10.0. The largest absolute Gasteiger partial charge is 0.377 e. The van der Waals surface area contributed by atoms with E-state index in [0.29, 0.717) is 44.6 Å². The molecule has 0 N–H and O–H groups in total. The molecule has 1 aliphatic rings. The molecule has 1 aromatic rings. The zero-order chi connectivity index (χ0) is 14.6. The maximum atomic E-state index is 13.5. The van der Waals surface area contributed by atoms with Crippen LogP contribution in [0.2, 0.25) is 0 Å². The summed E-state index contributed by atoms with van der Waals surface area (Å²) >= 11 is 0. The molecule has 2 rings (SSSR count). The highest BCUT2D eigenvalue weighted by Gasteiger charge is 2.33. The summed E-state index contributed by atoms with van der Waals surface area (Å²) in [5.74, 6) is -0.0544. The number of carbonyl (C=O) groups is 1. The first-order valence-corrected chi connectivity index (χ1v) is 7.12. The number of morpholine rings is 1. The number of nitrogens with zero attached hydrogens (tertiary/aromatic N) is 1. The molecule has 0 aromatic heterocycles. The zero-order valence-electron chi connectivity index (χ0n) is 12.2. The van der Waals surface area contributed by atoms with Crippen molar-refractivity contribution in [2.45, 2.75) is 38.6 Å². The molecule has 1 fully saturated rings. The van der Waals surface area contributed by atoms with Crippen molar-refractivity contribution in [3.8, 4) is 0 Å². The van der Waals surface area contributed by atoms with Crippen LogP contribution in [0.5, 0.6) is 0 Å². The molecule has 20 heavy (non-hydrogen) atoms. The van der Waals surface area contributed by atoms with E-state index < -0.39 is 0 Å². The summed E-state index contributed by atoms with van der Waals surface area (Å²) in [6, 6.07) is 6.74. The van der Waals surface area contributed by atoms with Crippen molar-refractivity contribution in [2.24, 2.45) is 0 Å². The summed E-state index contributed by atoms with van der Waals surface area (Å²) in [6.45, 7) is 5.85. The molecule has 4 heteroatoms. The molecular weight excluding hydrogens is 257 g/mol. The summed E-state index contributed by atoms with van der Waals surface area (Å²) < 4.78 is 18.9. The molecule has 0 aliphatic carbocycles. The average Bonchev–Trinajstić information content (AvgIpc) is 2.40. The van der Waals surface area contributed by atoms with Crippen LogP contribution >= 0.6 is 0 Å². The van der Waals surface area contributed by atoms with Gasteiger partial charge in [-0.2, -0.15) is 0 Å². The predicted octanol–water partition coefficient (Wildman–Crippen LogP) is 2.79. The fourth-order valence-electron chi connectivity index (χ4n) is 2.59. The standard InChI is InChI=1S/C16H22FNO2/c1-16(2)12-20-11-10-18(16)15(19)9-5-7-13-6-3-4-8-14(13)17/h3-4,6,8H,5,7,9-12H2,1-2H3. The lowest BCUT2D eigenvalue weighted by Crippen LogP contribution is -2.55. The van der Waals surface area contributed by atoms with Crippen LogP contribution in [0.15, 0.2) is 24.3 Å². The highest BCUT2D eigenvalue weighted by Crippen LogP contribution is 2.21. The first kappa shape index (κ1) is 15.0. The number of halogens is 1. The van der Waals surface area contributed by atoms with Gasteiger partial charge in [-0.3, -0.25) is 4.79 Å². The molecule has 0 spiro atoms. The second-order valence-corrected chi connectivity index (χ2v) is 5.86. The number of ether oxygens (including phenoxy) is 1. The Balaban J connectivity index is 1.85. The highest BCUT2D eigenvalue weighted by atomic mass is 19.1. The summed E-state index contributed by atoms with van der Waals surface area (Å²) in [6.07, 6.45) is 1.73. The van der Waals surface area contributed by atoms with Crippen molar-refractivity contribution in [1.29, 1.82) is 0 Å². The maximum absolute atomic E-state index is 13.5. The van der Waals surface area contributed by atoms with Gasteiger partial charge < -0.3 is 9.64 Å². The molecule has 0 saturated carbocycles. The molecule has 1 saturated heterocycles. The Bertz CT molecular complexity index is 473. The fraction of sp³-hybridized carbons (Fsp3) is 0.562. The number of rotatable bonds is 4. The fourth-order valence-corrected chi connectivity index (χ4v) is 2.59. The lowest BCUT2D eigenvalue weighted by molar-refractivity contribution is -0.146. The minimum atomic E-state index is -0.243. The van der Waals surface area contributed by atoms with E-state index in [0.717, 1.165) is 0 Å². The van der Waals surface area contributed by atoms with Gasteiger partial charge in [0.15, 0.2) is 0 Å². The van der Waals surface area contributed by atoms with E-state index in [-0.39, 0.29) is 17.3 Å². The number of hydrogen-bond donors (Lipinski definition) is 0. The van der Waals surface area contributed by atoms with Gasteiger partial charge in [0.1, 0.15) is 5.82 Å². The second kappa shape index (κ2) is 6.35. The molecule has 0 radical (unpaired) electrons. The van der Waals surface area contributed by atoms with Gasteiger partial charge in [-0.25, -0.2) is 4.39 Å². The van der Waals surface area contributed by atoms with Crippen molar-refractivity contribution in [3.05, 3.63) is 35.6 Å². The SMILES string of the molecule is CC1(C)COCCN1C(=O)CCCc1ccccc1F. The topological polar surface area (TPSA) is 29.5 Å². The van der Waals surface area contributed by atoms with E-state index in [1.54, 1.807) is 12.1 Å². The van der Waals surface area contributed by atoms with Crippen molar-refractivity contribution < 1.29 is 13.9 Å². The normalized spacial score (nSPS) is 18.1. The summed E-state index contributed by atoms with van der Waals surface area (Å²) in [7, 11) is 0. The van der Waals surface area contributed by atoms with E-state index >= 15 is 0 Å². The quantitative estimate of drug-likeness (QED) is 0.848. The Morgan fingerprint density at radius 1 is 1.40 bits per heavy atom. The van der Waals surface area contributed by atoms with Crippen molar-refractivity contribution in [2.75, 3.05) is 19.8 Å². The molecule has 0 unspecified atom stereocenters. The zero-order valence-corrected chi connectivity index (χ0v) is 12.2. The molecule has 1 heterocycles. The van der Waals surface area contributed by atoms with Gasteiger partial charge in [0.2, 0.25) is 5.91 Å². The molecule has 1 aliphatic heterocycles. The van der Waals surface area contributed by atoms with Crippen LogP contribution in [-0.2, 0) is 16.0 Å². The number of hydrogen-bond acceptors (Lipinski definition) is 2. The van der Waals surface area contributed by atoms with Gasteiger partial charge in [-0.15, -0.1) is 0 Å². The Hall–Kier alpha value is -1.42. The smallest absolute Gasteiger partial charge is 0.223 e. The van der Waals surface area contributed by atoms with Crippen LogP contribution in [-0.4, -0.2) is 36.1 Å². The molecular formula is C16H22FNO2. The predicted molar refractivity (Wildman–Crippen MR) is 75.9 cm³/mol. The number of benzene rings is 1. The Labute approximate surface area is 119 Å². The van der Waals surface area contributed by atoms with Crippen LogP contribution in [0.3, 0.4) is 0 Å². The van der Waals surface area contributed by atoms with Gasteiger partial charge in [-0.05, 0) is 38.3 Å². The van der Waals surface area contributed by atoms with Crippen molar-refractivity contribution >= 4 is 5.91 Å². The van der Waals surface area contributed by atoms with Crippen LogP contribution in [0.25, 0.3) is 0 Å². The summed E-state index contributed by atoms with van der Waals surface area (Å²) in [5, 5.41) is 0. The van der Waals surface area contributed by atoms with Crippen LogP contribution in [0.1, 0.15) is 32.3 Å². The summed E-state index contributed by atoms with van der Waals surface area (Å²) in [5.41, 5.74) is 0.439. The minimum Gasteiger partial charge on any atom is -0.377 e. The summed E-state index contributed by atoms with van der Waals surface area (Å²) in [4.78, 5) is 14.2. The van der Waals surface area contributed by atoms with Gasteiger partial charge >= 0.3 is 0 Å². The van der Waals surface area contributed by atoms with Crippen LogP contribution in [0.4, 0.5) is 4.39 Å². The Morgan fingerprint density at radius 3 is 2.85 bits per heavy atom. The average molecular weight is 279 g/mol. The van der Waals surface area contributed by atoms with E-state index in [2.05, 4.69) is 0 Å². The molecule has 0 atom stereocenters. The number of amides is 1. The molecule has 1 amide bonds. The first-order valence-electron chi connectivity index (χ1n) is 7.12. The number of aryl methyl sites for hydroxylation is 1. The third-order valence-corrected chi connectivity index (χ3v) is 3.74. The third-order valence-electron chi connectivity index (χ3n) is 3.74. The van der Waals surface area contributed by atoms with Gasteiger partial charge in [0.05, 0.1) is 18.8 Å². The van der Waals surface area contributed by atoms with E-state index in [4.69, 9.17) is 4.74 Å². The monoisotopic (exact) mass is 279 g/mol.